The van der Waals surface area contributed by atoms with Gasteiger partial charge in [0.25, 0.3) is 0 Å². The van der Waals surface area contributed by atoms with Gasteiger partial charge in [0.15, 0.2) is 0 Å². The standard InChI is InChI=1S/C25H24ClN3O2/c1-3-19-10-12-21-24(18-14-15-27-22(26)16-18)20(11-13-23(30)31-4-2)25(28-29(19)21)17-8-6-5-7-9-17/h5-10,12,14-16H,3-4,11,13H2,1-2H3. The number of fused-ring (bicyclic) bond motifs is 1. The number of aromatic nitrogens is 3. The van der Waals surface area contributed by atoms with Gasteiger partial charge in [-0.15, -0.1) is 0 Å². The van der Waals surface area contributed by atoms with Crippen molar-refractivity contribution in [2.24, 2.45) is 0 Å². The summed E-state index contributed by atoms with van der Waals surface area (Å²) in [4.78, 5) is 16.3. The maximum absolute atomic E-state index is 12.2. The molecule has 1 aromatic carbocycles. The lowest BCUT2D eigenvalue weighted by Crippen LogP contribution is -2.10. The van der Waals surface area contributed by atoms with E-state index in [9.17, 15) is 4.79 Å². The van der Waals surface area contributed by atoms with Crippen molar-refractivity contribution in [3.8, 4) is 22.4 Å². The molecule has 3 aromatic heterocycles. The van der Waals surface area contributed by atoms with Crippen molar-refractivity contribution >= 4 is 23.1 Å². The van der Waals surface area contributed by atoms with Crippen LogP contribution in [0.4, 0.5) is 0 Å². The highest BCUT2D eigenvalue weighted by Crippen LogP contribution is 2.36. The zero-order chi connectivity index (χ0) is 21.8. The van der Waals surface area contributed by atoms with Crippen molar-refractivity contribution < 1.29 is 9.53 Å². The highest BCUT2D eigenvalue weighted by molar-refractivity contribution is 6.29. The molecule has 31 heavy (non-hydrogen) atoms. The Hall–Kier alpha value is -3.18. The average Bonchev–Trinajstić information content (AvgIpc) is 3.20. The Labute approximate surface area is 186 Å². The van der Waals surface area contributed by atoms with Crippen molar-refractivity contribution in [1.29, 1.82) is 0 Å². The molecule has 0 spiro atoms. The van der Waals surface area contributed by atoms with E-state index >= 15 is 0 Å². The van der Waals surface area contributed by atoms with Gasteiger partial charge in [-0.05, 0) is 55.2 Å². The van der Waals surface area contributed by atoms with Gasteiger partial charge < -0.3 is 4.74 Å². The van der Waals surface area contributed by atoms with Crippen molar-refractivity contribution in [1.82, 2.24) is 14.6 Å². The van der Waals surface area contributed by atoms with E-state index in [2.05, 4.69) is 24.0 Å². The lowest BCUT2D eigenvalue weighted by molar-refractivity contribution is -0.143. The van der Waals surface area contributed by atoms with Gasteiger partial charge in [-0.3, -0.25) is 4.79 Å². The molecule has 6 heteroatoms. The highest BCUT2D eigenvalue weighted by atomic mass is 35.5. The van der Waals surface area contributed by atoms with Crippen LogP contribution in [0, 0.1) is 0 Å². The third-order valence-electron chi connectivity index (χ3n) is 5.29. The number of aryl methyl sites for hydroxylation is 1. The van der Waals surface area contributed by atoms with Gasteiger partial charge in [0.05, 0.1) is 17.8 Å². The summed E-state index contributed by atoms with van der Waals surface area (Å²) < 4.78 is 7.19. The van der Waals surface area contributed by atoms with Crippen LogP contribution >= 0.6 is 11.6 Å². The first-order valence-corrected chi connectivity index (χ1v) is 10.9. The number of halogens is 1. The molecule has 0 aliphatic carbocycles. The summed E-state index contributed by atoms with van der Waals surface area (Å²) >= 11 is 6.25. The predicted molar refractivity (Wildman–Crippen MR) is 123 cm³/mol. The molecular weight excluding hydrogens is 410 g/mol. The summed E-state index contributed by atoms with van der Waals surface area (Å²) in [7, 11) is 0. The van der Waals surface area contributed by atoms with Crippen LogP contribution in [-0.2, 0) is 22.4 Å². The number of carbonyl (C=O) groups is 1. The Kier molecular flexibility index (Phi) is 6.33. The maximum atomic E-state index is 12.2. The molecule has 0 aliphatic heterocycles. The lowest BCUT2D eigenvalue weighted by Gasteiger charge is -2.18. The van der Waals surface area contributed by atoms with Crippen LogP contribution in [0.2, 0.25) is 5.15 Å². The number of benzene rings is 1. The van der Waals surface area contributed by atoms with E-state index in [1.54, 1.807) is 6.20 Å². The largest absolute Gasteiger partial charge is 0.466 e. The topological polar surface area (TPSA) is 56.5 Å². The van der Waals surface area contributed by atoms with E-state index in [1.807, 2.05) is 53.9 Å². The van der Waals surface area contributed by atoms with Gasteiger partial charge in [0, 0.05) is 29.4 Å². The Balaban J connectivity index is 2.01. The highest BCUT2D eigenvalue weighted by Gasteiger charge is 2.21. The molecular formula is C25H24ClN3O2. The van der Waals surface area contributed by atoms with Crippen LogP contribution in [0.25, 0.3) is 27.9 Å². The Morgan fingerprint density at radius 1 is 1.06 bits per heavy atom. The molecule has 0 N–H and O–H groups in total. The quantitative estimate of drug-likeness (QED) is 0.274. The third kappa shape index (κ3) is 4.32. The molecule has 0 saturated heterocycles. The minimum absolute atomic E-state index is 0.218. The molecule has 3 heterocycles. The van der Waals surface area contributed by atoms with Crippen LogP contribution in [0.5, 0.6) is 0 Å². The summed E-state index contributed by atoms with van der Waals surface area (Å²) in [5.41, 5.74) is 6.91. The first-order chi connectivity index (χ1) is 15.1. The molecule has 4 rings (SSSR count). The van der Waals surface area contributed by atoms with Crippen molar-refractivity contribution in [2.75, 3.05) is 6.61 Å². The Bertz CT molecular complexity index is 1220. The Morgan fingerprint density at radius 3 is 2.58 bits per heavy atom. The first kappa shape index (κ1) is 21.1. The first-order valence-electron chi connectivity index (χ1n) is 10.5. The van der Waals surface area contributed by atoms with Gasteiger partial charge >= 0.3 is 5.97 Å². The summed E-state index contributed by atoms with van der Waals surface area (Å²) in [6, 6.07) is 18.0. The van der Waals surface area contributed by atoms with E-state index in [0.29, 0.717) is 18.2 Å². The number of rotatable bonds is 7. The number of esters is 1. The van der Waals surface area contributed by atoms with E-state index < -0.39 is 0 Å². The van der Waals surface area contributed by atoms with E-state index in [4.69, 9.17) is 21.4 Å². The van der Waals surface area contributed by atoms with Crippen molar-refractivity contribution in [3.63, 3.8) is 0 Å². The molecule has 0 atom stereocenters. The molecule has 0 aliphatic rings. The fourth-order valence-corrected chi connectivity index (χ4v) is 4.06. The number of ether oxygens (including phenoxy) is 1. The molecule has 0 bridgehead atoms. The normalized spacial score (nSPS) is 11.1. The number of carbonyl (C=O) groups excluding carboxylic acids is 1. The minimum Gasteiger partial charge on any atom is -0.466 e. The Morgan fingerprint density at radius 2 is 1.87 bits per heavy atom. The molecule has 158 valence electrons. The molecule has 0 radical (unpaired) electrons. The zero-order valence-corrected chi connectivity index (χ0v) is 18.4. The van der Waals surface area contributed by atoms with E-state index in [1.165, 1.54) is 0 Å². The summed E-state index contributed by atoms with van der Waals surface area (Å²) in [6.45, 7) is 4.30. The van der Waals surface area contributed by atoms with Crippen molar-refractivity contribution in [2.45, 2.75) is 33.1 Å². The second kappa shape index (κ2) is 9.31. The number of hydrogen-bond acceptors (Lipinski definition) is 4. The average molecular weight is 434 g/mol. The van der Waals surface area contributed by atoms with E-state index in [-0.39, 0.29) is 12.4 Å². The second-order valence-electron chi connectivity index (χ2n) is 7.22. The zero-order valence-electron chi connectivity index (χ0n) is 17.6. The molecule has 0 amide bonds. The second-order valence-corrected chi connectivity index (χ2v) is 7.60. The number of hydrogen-bond donors (Lipinski definition) is 0. The fourth-order valence-electron chi connectivity index (χ4n) is 3.89. The van der Waals surface area contributed by atoms with Gasteiger partial charge in [-0.25, -0.2) is 9.50 Å². The monoisotopic (exact) mass is 433 g/mol. The van der Waals surface area contributed by atoms with Gasteiger partial charge in [0.1, 0.15) is 5.15 Å². The van der Waals surface area contributed by atoms with Crippen LogP contribution in [0.3, 0.4) is 0 Å². The van der Waals surface area contributed by atoms with Crippen LogP contribution in [0.15, 0.2) is 60.8 Å². The van der Waals surface area contributed by atoms with Crippen LogP contribution in [0.1, 0.15) is 31.5 Å². The SMILES string of the molecule is CCOC(=O)CCc1c(-c2ccccc2)nn2c(CC)ccc2c1-c1ccnc(Cl)c1. The van der Waals surface area contributed by atoms with Gasteiger partial charge in [0.2, 0.25) is 0 Å². The van der Waals surface area contributed by atoms with Crippen LogP contribution in [-0.4, -0.2) is 27.2 Å². The van der Waals surface area contributed by atoms with Crippen LogP contribution < -0.4 is 0 Å². The van der Waals surface area contributed by atoms with E-state index in [0.717, 1.165) is 45.6 Å². The summed E-state index contributed by atoms with van der Waals surface area (Å²) in [5.74, 6) is -0.218. The smallest absolute Gasteiger partial charge is 0.306 e. The predicted octanol–water partition coefficient (Wildman–Crippen LogP) is 5.77. The molecule has 0 fully saturated rings. The number of nitrogens with zero attached hydrogens (tertiary/aromatic N) is 3. The minimum atomic E-state index is -0.218. The molecule has 0 unspecified atom stereocenters. The van der Waals surface area contributed by atoms with Gasteiger partial charge in [-0.1, -0.05) is 48.9 Å². The summed E-state index contributed by atoms with van der Waals surface area (Å²) in [6.07, 6.45) is 3.34. The van der Waals surface area contributed by atoms with Gasteiger partial charge in [-0.2, -0.15) is 5.10 Å². The third-order valence-corrected chi connectivity index (χ3v) is 5.49. The molecule has 0 saturated carbocycles. The lowest BCUT2D eigenvalue weighted by atomic mass is 9.93. The fraction of sp³-hybridized carbons (Fsp3) is 0.240. The molecule has 5 nitrogen and oxygen atoms in total. The molecule has 4 aromatic rings. The maximum Gasteiger partial charge on any atom is 0.306 e. The van der Waals surface area contributed by atoms with Crippen molar-refractivity contribution in [3.05, 3.63) is 77.2 Å². The summed E-state index contributed by atoms with van der Waals surface area (Å²) in [5, 5.41) is 5.45. The number of pyridine rings is 1.